The fourth-order valence-electron chi connectivity index (χ4n) is 1.53. The Balaban J connectivity index is 3.20. The first-order valence-electron chi connectivity index (χ1n) is 4.86. The molecule has 0 aromatic heterocycles. The molecule has 0 heterocycles. The Hall–Kier alpha value is -1.58. The van der Waals surface area contributed by atoms with E-state index in [1.807, 2.05) is 13.8 Å². The molecule has 0 N–H and O–H groups in total. The second-order valence-corrected chi connectivity index (χ2v) is 3.81. The van der Waals surface area contributed by atoms with Crippen molar-refractivity contribution in [2.75, 3.05) is 7.11 Å². The summed E-state index contributed by atoms with van der Waals surface area (Å²) in [5.41, 5.74) is 0.822. The van der Waals surface area contributed by atoms with Crippen LogP contribution in [0, 0.1) is 16.0 Å². The molecule has 0 amide bonds. The zero-order valence-electron chi connectivity index (χ0n) is 9.19. The Labute approximate surface area is 89.0 Å². The third kappa shape index (κ3) is 2.68. The quantitative estimate of drug-likeness (QED) is 0.566. The minimum atomic E-state index is -0.361. The summed E-state index contributed by atoms with van der Waals surface area (Å²) in [4.78, 5) is 10.5. The van der Waals surface area contributed by atoms with Crippen LogP contribution in [0.15, 0.2) is 18.2 Å². The third-order valence-corrected chi connectivity index (χ3v) is 2.14. The van der Waals surface area contributed by atoms with Crippen molar-refractivity contribution in [3.05, 3.63) is 33.9 Å². The van der Waals surface area contributed by atoms with Gasteiger partial charge in [-0.25, -0.2) is 0 Å². The highest BCUT2D eigenvalue weighted by molar-refractivity contribution is 5.49. The van der Waals surface area contributed by atoms with Crippen molar-refractivity contribution in [2.24, 2.45) is 5.92 Å². The van der Waals surface area contributed by atoms with Crippen molar-refractivity contribution in [2.45, 2.75) is 20.3 Å². The first-order valence-corrected chi connectivity index (χ1v) is 4.86. The smallest absolute Gasteiger partial charge is 0.276 e. The topological polar surface area (TPSA) is 52.4 Å². The van der Waals surface area contributed by atoms with Crippen LogP contribution < -0.4 is 4.74 Å². The third-order valence-electron chi connectivity index (χ3n) is 2.14. The molecule has 82 valence electrons. The van der Waals surface area contributed by atoms with E-state index in [1.165, 1.54) is 13.2 Å². The number of hydrogen-bond donors (Lipinski definition) is 0. The van der Waals surface area contributed by atoms with E-state index >= 15 is 0 Å². The Bertz CT molecular complexity index is 361. The maximum atomic E-state index is 10.8. The maximum Gasteiger partial charge on any atom is 0.276 e. The van der Waals surface area contributed by atoms with Gasteiger partial charge in [0.05, 0.1) is 17.6 Å². The molecule has 0 radical (unpaired) electrons. The maximum absolute atomic E-state index is 10.8. The average molecular weight is 209 g/mol. The van der Waals surface area contributed by atoms with Gasteiger partial charge in [-0.05, 0) is 18.4 Å². The molecule has 0 saturated carbocycles. The van der Waals surface area contributed by atoms with Gasteiger partial charge in [0.15, 0.2) is 0 Å². The largest absolute Gasteiger partial charge is 0.496 e. The molecule has 15 heavy (non-hydrogen) atoms. The number of nitro benzene ring substituents is 1. The number of nitro groups is 1. The summed E-state index contributed by atoms with van der Waals surface area (Å²) in [5, 5.41) is 10.8. The number of nitrogens with zero attached hydrogens (tertiary/aromatic N) is 1. The SMILES string of the molecule is COc1cccc([N+](=O)[O-])c1CC(C)C. The molecule has 0 aliphatic rings. The van der Waals surface area contributed by atoms with Crippen molar-refractivity contribution in [1.29, 1.82) is 0 Å². The second-order valence-electron chi connectivity index (χ2n) is 3.81. The summed E-state index contributed by atoms with van der Waals surface area (Å²) in [5.74, 6) is 0.956. The Morgan fingerprint density at radius 1 is 1.47 bits per heavy atom. The van der Waals surface area contributed by atoms with Gasteiger partial charge in [-0.2, -0.15) is 0 Å². The highest BCUT2D eigenvalue weighted by Gasteiger charge is 2.18. The van der Waals surface area contributed by atoms with Gasteiger partial charge in [0.25, 0.3) is 5.69 Å². The van der Waals surface area contributed by atoms with Crippen LogP contribution in [0.25, 0.3) is 0 Å². The lowest BCUT2D eigenvalue weighted by atomic mass is 10.0. The number of methoxy groups -OCH3 is 1. The van der Waals surface area contributed by atoms with Crippen LogP contribution in [0.1, 0.15) is 19.4 Å². The van der Waals surface area contributed by atoms with Crippen LogP contribution in [0.2, 0.25) is 0 Å². The molecule has 0 aliphatic heterocycles. The van der Waals surface area contributed by atoms with Crippen molar-refractivity contribution >= 4 is 5.69 Å². The number of hydrogen-bond acceptors (Lipinski definition) is 3. The molecule has 0 spiro atoms. The Morgan fingerprint density at radius 3 is 2.60 bits per heavy atom. The second kappa shape index (κ2) is 4.77. The average Bonchev–Trinajstić information content (AvgIpc) is 2.16. The highest BCUT2D eigenvalue weighted by Crippen LogP contribution is 2.30. The van der Waals surface area contributed by atoms with Crippen LogP contribution in [-0.2, 0) is 6.42 Å². The van der Waals surface area contributed by atoms with Gasteiger partial charge in [-0.15, -0.1) is 0 Å². The summed E-state index contributed by atoms with van der Waals surface area (Å²) in [6.45, 7) is 4.05. The predicted molar refractivity (Wildman–Crippen MR) is 58.2 cm³/mol. The van der Waals surface area contributed by atoms with Gasteiger partial charge in [-0.1, -0.05) is 19.9 Å². The molecule has 4 nitrogen and oxygen atoms in total. The minimum absolute atomic E-state index is 0.142. The van der Waals surface area contributed by atoms with E-state index in [4.69, 9.17) is 4.74 Å². The summed E-state index contributed by atoms with van der Waals surface area (Å²) >= 11 is 0. The normalized spacial score (nSPS) is 10.4. The van der Waals surface area contributed by atoms with Gasteiger partial charge in [0, 0.05) is 6.07 Å². The molecule has 0 saturated heterocycles. The van der Waals surface area contributed by atoms with E-state index in [1.54, 1.807) is 12.1 Å². The molecule has 0 unspecified atom stereocenters. The van der Waals surface area contributed by atoms with Crippen LogP contribution in [0.5, 0.6) is 5.75 Å². The molecule has 0 atom stereocenters. The fraction of sp³-hybridized carbons (Fsp3) is 0.455. The molecule has 1 aromatic carbocycles. The van der Waals surface area contributed by atoms with Crippen LogP contribution >= 0.6 is 0 Å². The van der Waals surface area contributed by atoms with Crippen molar-refractivity contribution in [3.63, 3.8) is 0 Å². The molecular formula is C11H15NO3. The van der Waals surface area contributed by atoms with Gasteiger partial charge < -0.3 is 4.74 Å². The standard InChI is InChI=1S/C11H15NO3/c1-8(2)7-9-10(12(13)14)5-4-6-11(9)15-3/h4-6,8H,7H2,1-3H3. The zero-order valence-corrected chi connectivity index (χ0v) is 9.19. The molecule has 4 heteroatoms. The van der Waals surface area contributed by atoms with Gasteiger partial charge in [0.1, 0.15) is 5.75 Å². The molecule has 1 rings (SSSR count). The fourth-order valence-corrected chi connectivity index (χ4v) is 1.53. The summed E-state index contributed by atoms with van der Waals surface area (Å²) < 4.78 is 5.13. The first kappa shape index (κ1) is 11.5. The van der Waals surface area contributed by atoms with Gasteiger partial charge in [-0.3, -0.25) is 10.1 Å². The summed E-state index contributed by atoms with van der Waals surface area (Å²) in [7, 11) is 1.53. The predicted octanol–water partition coefficient (Wildman–Crippen LogP) is 2.80. The molecule has 0 aliphatic carbocycles. The molecule has 1 aromatic rings. The van der Waals surface area contributed by atoms with E-state index in [2.05, 4.69) is 0 Å². The number of rotatable bonds is 4. The summed E-state index contributed by atoms with van der Waals surface area (Å²) in [6, 6.07) is 4.91. The van der Waals surface area contributed by atoms with Crippen LogP contribution in [0.3, 0.4) is 0 Å². The van der Waals surface area contributed by atoms with E-state index in [0.29, 0.717) is 23.7 Å². The van der Waals surface area contributed by atoms with Crippen molar-refractivity contribution < 1.29 is 9.66 Å². The van der Waals surface area contributed by atoms with Crippen LogP contribution in [0.4, 0.5) is 5.69 Å². The Kier molecular flexibility index (Phi) is 3.66. The van der Waals surface area contributed by atoms with E-state index in [-0.39, 0.29) is 10.6 Å². The Morgan fingerprint density at radius 2 is 2.13 bits per heavy atom. The lowest BCUT2D eigenvalue weighted by Gasteiger charge is -2.10. The van der Waals surface area contributed by atoms with E-state index < -0.39 is 0 Å². The van der Waals surface area contributed by atoms with Gasteiger partial charge in [0.2, 0.25) is 0 Å². The molecular weight excluding hydrogens is 194 g/mol. The lowest BCUT2D eigenvalue weighted by molar-refractivity contribution is -0.385. The lowest BCUT2D eigenvalue weighted by Crippen LogP contribution is -2.02. The van der Waals surface area contributed by atoms with Crippen molar-refractivity contribution in [1.82, 2.24) is 0 Å². The van der Waals surface area contributed by atoms with E-state index in [0.717, 1.165) is 0 Å². The minimum Gasteiger partial charge on any atom is -0.496 e. The first-order chi connectivity index (χ1) is 7.06. The zero-order chi connectivity index (χ0) is 11.4. The monoisotopic (exact) mass is 209 g/mol. The highest BCUT2D eigenvalue weighted by atomic mass is 16.6. The summed E-state index contributed by atoms with van der Waals surface area (Å²) in [6.07, 6.45) is 0.653. The molecule has 0 bridgehead atoms. The molecule has 0 fully saturated rings. The van der Waals surface area contributed by atoms with Crippen molar-refractivity contribution in [3.8, 4) is 5.75 Å². The number of ether oxygens (including phenoxy) is 1. The van der Waals surface area contributed by atoms with Gasteiger partial charge >= 0.3 is 0 Å². The van der Waals surface area contributed by atoms with Crippen LogP contribution in [-0.4, -0.2) is 12.0 Å². The number of benzene rings is 1. The van der Waals surface area contributed by atoms with E-state index in [9.17, 15) is 10.1 Å².